The lowest BCUT2D eigenvalue weighted by Crippen LogP contribution is -2.15. The van der Waals surface area contributed by atoms with Crippen molar-refractivity contribution in [2.45, 2.75) is 19.3 Å². The second kappa shape index (κ2) is 15.0. The van der Waals surface area contributed by atoms with Gasteiger partial charge in [-0.25, -0.2) is 0 Å². The first-order valence-corrected chi connectivity index (χ1v) is 26.1. The van der Waals surface area contributed by atoms with Crippen LogP contribution >= 0.6 is 11.3 Å². The summed E-state index contributed by atoms with van der Waals surface area (Å²) in [5, 5.41) is 9.75. The molecule has 0 spiro atoms. The maximum atomic E-state index is 6.40. The zero-order valence-electron chi connectivity index (χ0n) is 40.2. The van der Waals surface area contributed by atoms with E-state index in [2.05, 4.69) is 247 Å². The van der Waals surface area contributed by atoms with E-state index >= 15 is 0 Å². The van der Waals surface area contributed by atoms with E-state index in [0.717, 1.165) is 49.9 Å². The summed E-state index contributed by atoms with van der Waals surface area (Å²) in [5.74, 6) is 0. The number of rotatable bonds is 5. The van der Waals surface area contributed by atoms with Crippen LogP contribution < -0.4 is 0 Å². The molecule has 0 atom stereocenters. The Morgan fingerprint density at radius 3 is 1.70 bits per heavy atom. The number of fused-ring (bicyclic) bond motifs is 15. The molecule has 0 saturated heterocycles. The summed E-state index contributed by atoms with van der Waals surface area (Å²) < 4.78 is 14.1. The lowest BCUT2D eigenvalue weighted by molar-refractivity contribution is 0.660. The first-order chi connectivity index (χ1) is 36.0. The van der Waals surface area contributed by atoms with Gasteiger partial charge in [-0.15, -0.1) is 11.3 Å². The molecule has 4 aromatic heterocycles. The zero-order valence-corrected chi connectivity index (χ0v) is 41.0. The predicted octanol–water partition coefficient (Wildman–Crippen LogP) is 19.5. The van der Waals surface area contributed by atoms with Gasteiger partial charge in [0.15, 0.2) is 0 Å². The molecule has 0 bridgehead atoms. The minimum atomic E-state index is -0.139. The van der Waals surface area contributed by atoms with Crippen LogP contribution in [0.3, 0.4) is 0 Å². The Hall–Kier alpha value is -8.96. The van der Waals surface area contributed by atoms with Crippen LogP contribution in [0.1, 0.15) is 25.0 Å². The van der Waals surface area contributed by atoms with Crippen LogP contribution in [0.15, 0.2) is 235 Å². The molecule has 1 aliphatic carbocycles. The van der Waals surface area contributed by atoms with Crippen molar-refractivity contribution in [3.8, 4) is 55.9 Å². The molecule has 0 radical (unpaired) electrons. The fourth-order valence-corrected chi connectivity index (χ4v) is 14.0. The minimum absolute atomic E-state index is 0.139. The smallest absolute Gasteiger partial charge is 0.135 e. The maximum absolute atomic E-state index is 6.40. The molecule has 1 aliphatic rings. The first kappa shape index (κ1) is 40.7. The van der Waals surface area contributed by atoms with Crippen molar-refractivity contribution in [3.05, 3.63) is 242 Å². The van der Waals surface area contributed by atoms with Crippen LogP contribution in [0, 0.1) is 0 Å². The Kier molecular flexibility index (Phi) is 8.39. The standard InChI is InChI=1S/C69H44N2OS/c1-69(2)58-26-8-3-16-48(58)49-34-33-45(40-59(49)69)70-60-27-9-4-17-50(60)54-23-13-21-46(66(54)70)43-36-42(41-32-35-64-57(39-41)52-19-6-11-30-63(52)72-64)37-44(38-43)47-22-14-24-55-51-18-5-10-28-61(51)71(67(47)55)62-29-15-25-56-53-20-7-12-31-65(53)73-68(56)62/h3-40H,1-2H3. The van der Waals surface area contributed by atoms with E-state index in [1.807, 2.05) is 17.4 Å². The molecule has 0 unspecified atom stereocenters. The van der Waals surface area contributed by atoms with Gasteiger partial charge in [-0.05, 0) is 117 Å². The van der Waals surface area contributed by atoms with Gasteiger partial charge >= 0.3 is 0 Å². The predicted molar refractivity (Wildman–Crippen MR) is 309 cm³/mol. The van der Waals surface area contributed by atoms with Crippen LogP contribution in [0.4, 0.5) is 0 Å². The Balaban J connectivity index is 0.991. The van der Waals surface area contributed by atoms with Gasteiger partial charge in [0, 0.05) is 70.0 Å². The van der Waals surface area contributed by atoms with Gasteiger partial charge < -0.3 is 13.6 Å². The lowest BCUT2D eigenvalue weighted by Gasteiger charge is -2.22. The van der Waals surface area contributed by atoms with E-state index in [0.29, 0.717) is 0 Å². The molecule has 0 amide bonds. The van der Waals surface area contributed by atoms with Gasteiger partial charge in [-0.1, -0.05) is 172 Å². The van der Waals surface area contributed by atoms with Crippen molar-refractivity contribution >= 4 is 97.1 Å². The van der Waals surface area contributed by atoms with Crippen molar-refractivity contribution < 1.29 is 4.42 Å². The topological polar surface area (TPSA) is 23.0 Å². The van der Waals surface area contributed by atoms with Crippen LogP contribution in [0.5, 0.6) is 0 Å². The molecule has 3 nitrogen and oxygen atoms in total. The van der Waals surface area contributed by atoms with E-state index in [1.54, 1.807) is 0 Å². The van der Waals surface area contributed by atoms with Crippen molar-refractivity contribution in [2.24, 2.45) is 0 Å². The number of hydrogen-bond acceptors (Lipinski definition) is 2. The van der Waals surface area contributed by atoms with E-state index in [9.17, 15) is 0 Å². The molecule has 15 aromatic rings. The largest absolute Gasteiger partial charge is 0.456 e. The first-order valence-electron chi connectivity index (χ1n) is 25.2. The van der Waals surface area contributed by atoms with Crippen molar-refractivity contribution in [2.75, 3.05) is 0 Å². The average Bonchev–Trinajstić information content (AvgIpc) is 4.26. The summed E-state index contributed by atoms with van der Waals surface area (Å²) in [4.78, 5) is 0. The molecule has 73 heavy (non-hydrogen) atoms. The normalized spacial score (nSPS) is 13.2. The van der Waals surface area contributed by atoms with Crippen LogP contribution in [0.25, 0.3) is 142 Å². The van der Waals surface area contributed by atoms with Crippen LogP contribution in [-0.2, 0) is 5.41 Å². The fourth-order valence-electron chi connectivity index (χ4n) is 12.8. The summed E-state index contributed by atoms with van der Waals surface area (Å²) >= 11 is 1.88. The van der Waals surface area contributed by atoms with E-state index in [1.165, 1.54) is 103 Å². The molecular weight excluding hydrogens is 905 g/mol. The fraction of sp³-hybridized carbons (Fsp3) is 0.0435. The minimum Gasteiger partial charge on any atom is -0.456 e. The third kappa shape index (κ3) is 5.75. The highest BCUT2D eigenvalue weighted by molar-refractivity contribution is 7.26. The quantitative estimate of drug-likeness (QED) is 0.169. The Bertz CT molecular complexity index is 4840. The Morgan fingerprint density at radius 1 is 0.356 bits per heavy atom. The van der Waals surface area contributed by atoms with E-state index < -0.39 is 0 Å². The second-order valence-corrected chi connectivity index (χ2v) is 21.4. The molecule has 0 fully saturated rings. The molecule has 16 rings (SSSR count). The van der Waals surface area contributed by atoms with Crippen molar-refractivity contribution in [3.63, 3.8) is 0 Å². The van der Waals surface area contributed by atoms with E-state index in [4.69, 9.17) is 4.42 Å². The van der Waals surface area contributed by atoms with Gasteiger partial charge in [-0.3, -0.25) is 0 Å². The van der Waals surface area contributed by atoms with Crippen LogP contribution in [0.2, 0.25) is 0 Å². The molecule has 11 aromatic carbocycles. The molecule has 0 aliphatic heterocycles. The van der Waals surface area contributed by atoms with E-state index in [-0.39, 0.29) is 5.41 Å². The maximum Gasteiger partial charge on any atom is 0.135 e. The molecular formula is C69H44N2OS. The van der Waals surface area contributed by atoms with Crippen LogP contribution in [-0.4, -0.2) is 9.13 Å². The van der Waals surface area contributed by atoms with Gasteiger partial charge in [0.1, 0.15) is 11.2 Å². The number of furan rings is 1. The van der Waals surface area contributed by atoms with Crippen molar-refractivity contribution in [1.29, 1.82) is 0 Å². The highest BCUT2D eigenvalue weighted by atomic mass is 32.1. The monoisotopic (exact) mass is 948 g/mol. The van der Waals surface area contributed by atoms with Gasteiger partial charge in [-0.2, -0.15) is 0 Å². The molecule has 342 valence electrons. The highest BCUT2D eigenvalue weighted by Crippen LogP contribution is 2.51. The molecule has 0 N–H and O–H groups in total. The SMILES string of the molecule is CC1(C)c2ccccc2-c2ccc(-n3c4ccccc4c4cccc(-c5cc(-c6ccc7oc8ccccc8c7c6)cc(-c6cccc7c8ccccc8n(-c8cccc9c8sc8ccccc89)c67)c5)c43)cc21. The Labute approximate surface area is 425 Å². The summed E-state index contributed by atoms with van der Waals surface area (Å²) in [7, 11) is 0. The summed E-state index contributed by atoms with van der Waals surface area (Å²) in [6.07, 6.45) is 0. The number of hydrogen-bond donors (Lipinski definition) is 0. The summed E-state index contributed by atoms with van der Waals surface area (Å²) in [5.41, 5.74) is 21.1. The average molecular weight is 949 g/mol. The second-order valence-electron chi connectivity index (χ2n) is 20.4. The lowest BCUT2D eigenvalue weighted by atomic mass is 9.82. The van der Waals surface area contributed by atoms with Gasteiger partial charge in [0.25, 0.3) is 0 Å². The number of aromatic nitrogens is 2. The van der Waals surface area contributed by atoms with Crippen molar-refractivity contribution in [1.82, 2.24) is 9.13 Å². The number of para-hydroxylation sites is 5. The zero-order chi connectivity index (χ0) is 48.1. The summed E-state index contributed by atoms with van der Waals surface area (Å²) in [6.45, 7) is 4.75. The number of nitrogens with zero attached hydrogens (tertiary/aromatic N) is 2. The number of thiophene rings is 1. The Morgan fingerprint density at radius 2 is 0.918 bits per heavy atom. The number of benzene rings is 11. The third-order valence-electron chi connectivity index (χ3n) is 16.1. The van der Waals surface area contributed by atoms with Gasteiger partial charge in [0.05, 0.1) is 32.5 Å². The summed E-state index contributed by atoms with van der Waals surface area (Å²) in [6, 6.07) is 85.7. The third-order valence-corrected chi connectivity index (χ3v) is 17.3. The molecule has 4 heterocycles. The molecule has 4 heteroatoms. The highest BCUT2D eigenvalue weighted by Gasteiger charge is 2.35. The molecule has 0 saturated carbocycles. The van der Waals surface area contributed by atoms with Gasteiger partial charge in [0.2, 0.25) is 0 Å².